The van der Waals surface area contributed by atoms with Gasteiger partial charge in [0.15, 0.2) is 0 Å². The van der Waals surface area contributed by atoms with Crippen LogP contribution in [0.15, 0.2) is 21.1 Å². The van der Waals surface area contributed by atoms with Gasteiger partial charge in [0.2, 0.25) is 0 Å². The van der Waals surface area contributed by atoms with Crippen LogP contribution in [-0.4, -0.2) is 33.8 Å². The van der Waals surface area contributed by atoms with Crippen molar-refractivity contribution in [2.75, 3.05) is 6.61 Å². The number of hydrogen-bond acceptors (Lipinski definition) is 6. The van der Waals surface area contributed by atoms with Crippen molar-refractivity contribution in [2.45, 2.75) is 33.7 Å². The Hall–Kier alpha value is -2.67. The van der Waals surface area contributed by atoms with Crippen molar-refractivity contribution in [2.24, 2.45) is 0 Å². The molecule has 0 bridgehead atoms. The number of aliphatic hydroxyl groups is 1. The van der Waals surface area contributed by atoms with Gasteiger partial charge in [-0.2, -0.15) is 0 Å². The second kappa shape index (κ2) is 6.09. The molecule has 0 saturated heterocycles. The highest BCUT2D eigenvalue weighted by molar-refractivity contribution is 6.07. The molecule has 3 rings (SSSR count). The lowest BCUT2D eigenvalue weighted by molar-refractivity contribution is 0.0924. The van der Waals surface area contributed by atoms with Crippen LogP contribution < -0.4 is 5.32 Å². The summed E-state index contributed by atoms with van der Waals surface area (Å²) < 4.78 is 10.8. The first-order valence-corrected chi connectivity index (χ1v) is 7.67. The zero-order chi connectivity index (χ0) is 17.4. The molecule has 3 aromatic heterocycles. The third-order valence-corrected chi connectivity index (χ3v) is 3.83. The Morgan fingerprint density at radius 1 is 1.33 bits per heavy atom. The number of aryl methyl sites for hydroxylation is 3. The molecule has 2 N–H and O–H groups in total. The molecule has 126 valence electrons. The number of furan rings is 1. The van der Waals surface area contributed by atoms with Crippen LogP contribution in [0, 0.1) is 20.8 Å². The SMILES string of the molecule is Cc1cc(-c2cc(C(=O)N[C@H](C)CO)c3c(C)noc3n2)c(C)o1. The van der Waals surface area contributed by atoms with E-state index < -0.39 is 0 Å². The van der Waals surface area contributed by atoms with Crippen LogP contribution in [0.5, 0.6) is 0 Å². The third kappa shape index (κ3) is 2.78. The molecule has 1 amide bonds. The van der Waals surface area contributed by atoms with E-state index in [2.05, 4.69) is 15.5 Å². The van der Waals surface area contributed by atoms with Gasteiger partial charge in [0, 0.05) is 11.6 Å². The van der Waals surface area contributed by atoms with Gasteiger partial charge in [-0.05, 0) is 39.8 Å². The predicted molar refractivity (Wildman–Crippen MR) is 87.7 cm³/mol. The van der Waals surface area contributed by atoms with Crippen molar-refractivity contribution in [1.29, 1.82) is 0 Å². The minimum atomic E-state index is -0.359. The van der Waals surface area contributed by atoms with E-state index in [9.17, 15) is 4.79 Å². The van der Waals surface area contributed by atoms with Gasteiger partial charge in [-0.3, -0.25) is 4.79 Å². The van der Waals surface area contributed by atoms with Crippen molar-refractivity contribution >= 4 is 17.0 Å². The molecule has 7 nitrogen and oxygen atoms in total. The molecule has 0 aromatic carbocycles. The highest BCUT2D eigenvalue weighted by Gasteiger charge is 2.21. The number of pyridine rings is 1. The topological polar surface area (TPSA) is 101 Å². The van der Waals surface area contributed by atoms with Crippen molar-refractivity contribution in [3.63, 3.8) is 0 Å². The first-order valence-electron chi connectivity index (χ1n) is 7.67. The number of amides is 1. The molecule has 0 fully saturated rings. The molecule has 0 unspecified atom stereocenters. The molecule has 0 spiro atoms. The number of rotatable bonds is 4. The van der Waals surface area contributed by atoms with Crippen LogP contribution >= 0.6 is 0 Å². The summed E-state index contributed by atoms with van der Waals surface area (Å²) in [5, 5.41) is 16.4. The van der Waals surface area contributed by atoms with Gasteiger partial charge in [-0.1, -0.05) is 5.16 Å². The van der Waals surface area contributed by atoms with Crippen LogP contribution in [0.2, 0.25) is 0 Å². The smallest absolute Gasteiger partial charge is 0.259 e. The summed E-state index contributed by atoms with van der Waals surface area (Å²) in [6.07, 6.45) is 0. The standard InChI is InChI=1S/C17H19N3O4/c1-8(7-21)18-16(22)13-6-14(12-5-9(2)23-11(12)4)19-17-15(13)10(3)20-24-17/h5-6,8,21H,7H2,1-4H3,(H,18,22)/t8-/m1/s1. The fourth-order valence-electron chi connectivity index (χ4n) is 2.64. The summed E-state index contributed by atoms with van der Waals surface area (Å²) in [5.74, 6) is 1.16. The number of carbonyl (C=O) groups is 1. The van der Waals surface area contributed by atoms with E-state index in [-0.39, 0.29) is 18.6 Å². The van der Waals surface area contributed by atoms with E-state index >= 15 is 0 Å². The van der Waals surface area contributed by atoms with Gasteiger partial charge in [0.05, 0.1) is 28.9 Å². The lowest BCUT2D eigenvalue weighted by Gasteiger charge is -2.12. The van der Waals surface area contributed by atoms with Crippen LogP contribution in [0.25, 0.3) is 22.4 Å². The number of nitrogens with zero attached hydrogens (tertiary/aromatic N) is 2. The van der Waals surface area contributed by atoms with Crippen molar-refractivity contribution in [1.82, 2.24) is 15.5 Å². The number of carbonyl (C=O) groups excluding carboxylic acids is 1. The number of aromatic nitrogens is 2. The van der Waals surface area contributed by atoms with Crippen molar-refractivity contribution < 1.29 is 18.8 Å². The Labute approximate surface area is 138 Å². The first kappa shape index (κ1) is 16.2. The largest absolute Gasteiger partial charge is 0.466 e. The Morgan fingerprint density at radius 3 is 2.71 bits per heavy atom. The molecule has 3 aromatic rings. The number of aliphatic hydroxyl groups excluding tert-OH is 1. The molecular formula is C17H19N3O4. The fraction of sp³-hybridized carbons (Fsp3) is 0.353. The maximum atomic E-state index is 12.6. The van der Waals surface area contributed by atoms with Crippen molar-refractivity contribution in [3.05, 3.63) is 34.9 Å². The normalized spacial score (nSPS) is 12.5. The molecule has 0 aliphatic rings. The lowest BCUT2D eigenvalue weighted by Crippen LogP contribution is -2.35. The minimum Gasteiger partial charge on any atom is -0.466 e. The number of hydrogen-bond donors (Lipinski definition) is 2. The molecular weight excluding hydrogens is 310 g/mol. The highest BCUT2D eigenvalue weighted by Crippen LogP contribution is 2.30. The van der Waals surface area contributed by atoms with Gasteiger partial charge in [0.25, 0.3) is 11.6 Å². The predicted octanol–water partition coefficient (Wildman–Crippen LogP) is 2.52. The Morgan fingerprint density at radius 2 is 2.08 bits per heavy atom. The second-order valence-electron chi connectivity index (χ2n) is 5.89. The van der Waals surface area contributed by atoms with Crippen LogP contribution in [0.4, 0.5) is 0 Å². The zero-order valence-electron chi connectivity index (χ0n) is 14.0. The second-order valence-corrected chi connectivity index (χ2v) is 5.89. The molecule has 0 aliphatic heterocycles. The molecule has 7 heteroatoms. The molecule has 3 heterocycles. The van der Waals surface area contributed by atoms with Gasteiger partial charge in [-0.25, -0.2) is 4.98 Å². The highest BCUT2D eigenvalue weighted by atomic mass is 16.5. The molecule has 24 heavy (non-hydrogen) atoms. The van der Waals surface area contributed by atoms with E-state index in [1.165, 1.54) is 0 Å². The molecule has 1 atom stereocenters. The average Bonchev–Trinajstić information content (AvgIpc) is 3.08. The summed E-state index contributed by atoms with van der Waals surface area (Å²) in [7, 11) is 0. The summed E-state index contributed by atoms with van der Waals surface area (Å²) >= 11 is 0. The van der Waals surface area contributed by atoms with Gasteiger partial charge in [-0.15, -0.1) is 0 Å². The van der Waals surface area contributed by atoms with E-state index in [1.807, 2.05) is 19.9 Å². The zero-order valence-corrected chi connectivity index (χ0v) is 14.0. The average molecular weight is 329 g/mol. The minimum absolute atomic E-state index is 0.143. The van der Waals surface area contributed by atoms with Crippen LogP contribution in [-0.2, 0) is 0 Å². The van der Waals surface area contributed by atoms with Crippen molar-refractivity contribution in [3.8, 4) is 11.3 Å². The third-order valence-electron chi connectivity index (χ3n) is 3.83. The summed E-state index contributed by atoms with van der Waals surface area (Å²) in [6.45, 7) is 7.03. The maximum Gasteiger partial charge on any atom is 0.259 e. The maximum absolute atomic E-state index is 12.6. The quantitative estimate of drug-likeness (QED) is 0.762. The van der Waals surface area contributed by atoms with Crippen LogP contribution in [0.3, 0.4) is 0 Å². The summed E-state index contributed by atoms with van der Waals surface area (Å²) in [4.78, 5) is 17.1. The van der Waals surface area contributed by atoms with E-state index in [1.54, 1.807) is 19.9 Å². The van der Waals surface area contributed by atoms with E-state index in [0.29, 0.717) is 33.8 Å². The van der Waals surface area contributed by atoms with E-state index in [0.717, 1.165) is 11.3 Å². The van der Waals surface area contributed by atoms with E-state index in [4.69, 9.17) is 14.0 Å². The molecule has 0 aliphatic carbocycles. The monoisotopic (exact) mass is 329 g/mol. The number of nitrogens with one attached hydrogen (secondary N) is 1. The van der Waals surface area contributed by atoms with Crippen LogP contribution in [0.1, 0.15) is 34.5 Å². The molecule has 0 radical (unpaired) electrons. The van der Waals surface area contributed by atoms with Gasteiger partial charge < -0.3 is 19.4 Å². The molecule has 0 saturated carbocycles. The first-order chi connectivity index (χ1) is 11.4. The van der Waals surface area contributed by atoms with Gasteiger partial charge in [0.1, 0.15) is 11.5 Å². The summed E-state index contributed by atoms with van der Waals surface area (Å²) in [5.41, 5.74) is 2.67. The Kier molecular flexibility index (Phi) is 4.11. The fourth-order valence-corrected chi connectivity index (χ4v) is 2.64. The Balaban J connectivity index is 2.17. The number of fused-ring (bicyclic) bond motifs is 1. The lowest BCUT2D eigenvalue weighted by atomic mass is 10.1. The Bertz CT molecular complexity index is 910. The summed E-state index contributed by atoms with van der Waals surface area (Å²) in [6, 6.07) is 3.20. The van der Waals surface area contributed by atoms with Gasteiger partial charge >= 0.3 is 0 Å².